The van der Waals surface area contributed by atoms with E-state index >= 15 is 0 Å². The number of methoxy groups -OCH3 is 1. The summed E-state index contributed by atoms with van der Waals surface area (Å²) in [5, 5.41) is 0. The van der Waals surface area contributed by atoms with Crippen LogP contribution in [0.25, 0.3) is 0 Å². The van der Waals surface area contributed by atoms with E-state index in [1.165, 1.54) is 12.0 Å². The molecule has 0 radical (unpaired) electrons. The Bertz CT molecular complexity index is 571. The number of hydrogen-bond acceptors (Lipinski definition) is 3. The number of carbonyl (C=O) groups is 2. The Hall–Kier alpha value is -2.05. The van der Waals surface area contributed by atoms with Gasteiger partial charge in [0.1, 0.15) is 0 Å². The number of halogens is 3. The van der Waals surface area contributed by atoms with Crippen LogP contribution in [0.1, 0.15) is 30.7 Å². The van der Waals surface area contributed by atoms with Crippen LogP contribution in [-0.4, -0.2) is 31.7 Å². The maximum absolute atomic E-state index is 12.3. The van der Waals surface area contributed by atoms with Gasteiger partial charge in [-0.05, 0) is 18.1 Å². The number of benzene rings is 1. The maximum Gasteiger partial charge on any atom is 0.389 e. The molecule has 1 amide bonds. The SMILES string of the molecule is COC(=O)[C@@H]1CCN(C(=O)CCC(F)(F)F)c2ccccc21. The number of anilines is 1. The standard InChI is InChI=1S/C15H16F3NO3/c1-22-14(21)11-7-9-19(12-5-3-2-4-10(11)12)13(20)6-8-15(16,17)18/h2-5,11H,6-9H2,1H3/t11-/m1/s1. The van der Waals surface area contributed by atoms with Gasteiger partial charge in [-0.25, -0.2) is 0 Å². The highest BCUT2D eigenvalue weighted by Gasteiger charge is 2.34. The van der Waals surface area contributed by atoms with Crippen LogP contribution in [0.3, 0.4) is 0 Å². The summed E-state index contributed by atoms with van der Waals surface area (Å²) in [5.41, 5.74) is 1.09. The topological polar surface area (TPSA) is 46.6 Å². The lowest BCUT2D eigenvalue weighted by molar-refractivity contribution is -0.143. The van der Waals surface area contributed by atoms with Gasteiger partial charge in [-0.2, -0.15) is 13.2 Å². The van der Waals surface area contributed by atoms with E-state index in [-0.39, 0.29) is 6.54 Å². The van der Waals surface area contributed by atoms with Crippen LogP contribution in [0.2, 0.25) is 0 Å². The first-order valence-electron chi connectivity index (χ1n) is 6.87. The molecular weight excluding hydrogens is 299 g/mol. The van der Waals surface area contributed by atoms with Gasteiger partial charge in [0.2, 0.25) is 5.91 Å². The predicted octanol–water partition coefficient (Wildman–Crippen LogP) is 3.02. The Kier molecular flexibility index (Phi) is 4.73. The minimum atomic E-state index is -4.36. The van der Waals surface area contributed by atoms with E-state index in [0.29, 0.717) is 17.7 Å². The average Bonchev–Trinajstić information content (AvgIpc) is 2.50. The van der Waals surface area contributed by atoms with Gasteiger partial charge in [-0.3, -0.25) is 9.59 Å². The van der Waals surface area contributed by atoms with Crippen LogP contribution in [-0.2, 0) is 14.3 Å². The Morgan fingerprint density at radius 1 is 1.32 bits per heavy atom. The molecule has 120 valence electrons. The molecule has 0 unspecified atom stereocenters. The smallest absolute Gasteiger partial charge is 0.389 e. The molecule has 0 spiro atoms. The molecule has 7 heteroatoms. The molecule has 1 atom stereocenters. The van der Waals surface area contributed by atoms with Crippen LogP contribution < -0.4 is 4.90 Å². The van der Waals surface area contributed by atoms with Crippen LogP contribution >= 0.6 is 0 Å². The molecule has 0 saturated carbocycles. The van der Waals surface area contributed by atoms with Crippen molar-refractivity contribution in [2.45, 2.75) is 31.4 Å². The average molecular weight is 315 g/mol. The van der Waals surface area contributed by atoms with Gasteiger partial charge in [0, 0.05) is 18.7 Å². The summed E-state index contributed by atoms with van der Waals surface area (Å²) >= 11 is 0. The van der Waals surface area contributed by atoms with Gasteiger partial charge in [-0.15, -0.1) is 0 Å². The fourth-order valence-corrected chi connectivity index (χ4v) is 2.59. The molecule has 0 aliphatic carbocycles. The van der Waals surface area contributed by atoms with Gasteiger partial charge in [0.25, 0.3) is 0 Å². The molecule has 22 heavy (non-hydrogen) atoms. The molecule has 1 aliphatic rings. The van der Waals surface area contributed by atoms with E-state index in [2.05, 4.69) is 0 Å². The Labute approximate surface area is 125 Å². The summed E-state index contributed by atoms with van der Waals surface area (Å²) in [4.78, 5) is 25.2. The number of fused-ring (bicyclic) bond motifs is 1. The minimum absolute atomic E-state index is 0.202. The summed E-state index contributed by atoms with van der Waals surface area (Å²) in [6, 6.07) is 6.73. The molecule has 2 rings (SSSR count). The van der Waals surface area contributed by atoms with Crippen LogP contribution in [0.5, 0.6) is 0 Å². The third-order valence-corrected chi connectivity index (χ3v) is 3.65. The Balaban J connectivity index is 2.21. The van der Waals surface area contributed by atoms with Crippen LogP contribution in [0.15, 0.2) is 24.3 Å². The van der Waals surface area contributed by atoms with Gasteiger partial charge in [-0.1, -0.05) is 18.2 Å². The number of hydrogen-bond donors (Lipinski definition) is 0. The first kappa shape index (κ1) is 16.3. The highest BCUT2D eigenvalue weighted by atomic mass is 19.4. The van der Waals surface area contributed by atoms with Crippen molar-refractivity contribution in [1.82, 2.24) is 0 Å². The summed E-state index contributed by atoms with van der Waals surface area (Å²) in [5.74, 6) is -1.49. The van der Waals surface area contributed by atoms with E-state index in [9.17, 15) is 22.8 Å². The first-order chi connectivity index (χ1) is 10.3. The molecule has 0 bridgehead atoms. The molecule has 1 aromatic carbocycles. The summed E-state index contributed by atoms with van der Waals surface area (Å²) in [6.07, 6.45) is -5.77. The van der Waals surface area contributed by atoms with E-state index < -0.39 is 36.8 Å². The number of esters is 1. The fourth-order valence-electron chi connectivity index (χ4n) is 2.59. The lowest BCUT2D eigenvalue weighted by Gasteiger charge is -2.33. The second-order valence-corrected chi connectivity index (χ2v) is 5.08. The molecule has 0 saturated heterocycles. The molecule has 4 nitrogen and oxygen atoms in total. The fraction of sp³-hybridized carbons (Fsp3) is 0.467. The first-order valence-corrected chi connectivity index (χ1v) is 6.87. The van der Waals surface area contributed by atoms with Gasteiger partial charge < -0.3 is 9.64 Å². The number of rotatable bonds is 3. The Morgan fingerprint density at radius 3 is 2.64 bits per heavy atom. The lowest BCUT2D eigenvalue weighted by Crippen LogP contribution is -2.38. The van der Waals surface area contributed by atoms with Gasteiger partial charge in [0.15, 0.2) is 0 Å². The van der Waals surface area contributed by atoms with Crippen molar-refractivity contribution in [1.29, 1.82) is 0 Å². The van der Waals surface area contributed by atoms with Crippen molar-refractivity contribution in [3.05, 3.63) is 29.8 Å². The zero-order valence-electron chi connectivity index (χ0n) is 12.0. The summed E-state index contributed by atoms with van der Waals surface area (Å²) < 4.78 is 41.5. The molecular formula is C15H16F3NO3. The van der Waals surface area contributed by atoms with Crippen LogP contribution in [0, 0.1) is 0 Å². The molecule has 0 fully saturated rings. The van der Waals surface area contributed by atoms with Crippen molar-refractivity contribution < 1.29 is 27.5 Å². The molecule has 1 aromatic rings. The summed E-state index contributed by atoms with van der Waals surface area (Å²) in [6.45, 7) is 0.202. The molecule has 1 heterocycles. The van der Waals surface area contributed by atoms with Crippen molar-refractivity contribution in [3.8, 4) is 0 Å². The van der Waals surface area contributed by atoms with E-state index in [1.807, 2.05) is 0 Å². The number of nitrogens with zero attached hydrogens (tertiary/aromatic N) is 1. The zero-order chi connectivity index (χ0) is 16.3. The van der Waals surface area contributed by atoms with Crippen molar-refractivity contribution in [3.63, 3.8) is 0 Å². The van der Waals surface area contributed by atoms with Gasteiger partial charge in [0.05, 0.1) is 19.4 Å². The van der Waals surface area contributed by atoms with E-state index in [4.69, 9.17) is 4.74 Å². The number of ether oxygens (including phenoxy) is 1. The van der Waals surface area contributed by atoms with Gasteiger partial charge >= 0.3 is 12.1 Å². The maximum atomic E-state index is 12.3. The number of alkyl halides is 3. The zero-order valence-corrected chi connectivity index (χ0v) is 12.0. The van der Waals surface area contributed by atoms with Crippen molar-refractivity contribution >= 4 is 17.6 Å². The summed E-state index contributed by atoms with van der Waals surface area (Å²) in [7, 11) is 1.28. The van der Waals surface area contributed by atoms with E-state index in [0.717, 1.165) is 0 Å². The third kappa shape index (κ3) is 3.58. The minimum Gasteiger partial charge on any atom is -0.469 e. The molecule has 0 N–H and O–H groups in total. The van der Waals surface area contributed by atoms with Crippen molar-refractivity contribution in [2.24, 2.45) is 0 Å². The normalized spacial score (nSPS) is 17.8. The third-order valence-electron chi connectivity index (χ3n) is 3.65. The second-order valence-electron chi connectivity index (χ2n) is 5.08. The largest absolute Gasteiger partial charge is 0.469 e. The number of amides is 1. The second kappa shape index (κ2) is 6.37. The highest BCUT2D eigenvalue weighted by molar-refractivity contribution is 5.96. The highest BCUT2D eigenvalue weighted by Crippen LogP contribution is 2.36. The Morgan fingerprint density at radius 2 is 2.00 bits per heavy atom. The van der Waals surface area contributed by atoms with E-state index in [1.54, 1.807) is 24.3 Å². The van der Waals surface area contributed by atoms with Crippen LogP contribution in [0.4, 0.5) is 18.9 Å². The van der Waals surface area contributed by atoms with Crippen molar-refractivity contribution in [2.75, 3.05) is 18.6 Å². The molecule has 1 aliphatic heterocycles. The lowest BCUT2D eigenvalue weighted by atomic mass is 9.89. The number of para-hydroxylation sites is 1. The quantitative estimate of drug-likeness (QED) is 0.806. The number of carbonyl (C=O) groups excluding carboxylic acids is 2. The molecule has 0 aromatic heterocycles. The predicted molar refractivity (Wildman–Crippen MR) is 73.5 cm³/mol. The monoisotopic (exact) mass is 315 g/mol.